The second kappa shape index (κ2) is 12.7. The van der Waals surface area contributed by atoms with Crippen LogP contribution in [0.2, 0.25) is 0 Å². The number of unbranched alkanes of at least 4 members (excludes halogenated alkanes) is 7. The van der Waals surface area contributed by atoms with Crippen molar-refractivity contribution in [3.63, 3.8) is 0 Å². The molecule has 1 rings (SSSR count). The number of aromatic hydroxyl groups is 1. The summed E-state index contributed by atoms with van der Waals surface area (Å²) in [5.41, 5.74) is 5.97. The first-order chi connectivity index (χ1) is 13.2. The maximum Gasteiger partial charge on any atom is 0.217 e. The van der Waals surface area contributed by atoms with E-state index in [1.54, 1.807) is 6.07 Å². The van der Waals surface area contributed by atoms with Gasteiger partial charge in [0, 0.05) is 12.0 Å². The average Bonchev–Trinajstić information content (AvgIpc) is 2.62. The number of amides is 1. The van der Waals surface area contributed by atoms with Crippen LogP contribution in [0.4, 0.5) is 0 Å². The molecule has 0 aliphatic carbocycles. The molecule has 160 valence electrons. The van der Waals surface area contributed by atoms with E-state index < -0.39 is 0 Å². The maximum atomic E-state index is 10.7. The highest BCUT2D eigenvalue weighted by molar-refractivity contribution is 5.73. The zero-order chi connectivity index (χ0) is 21.0. The lowest BCUT2D eigenvalue weighted by atomic mass is 9.86. The quantitative estimate of drug-likeness (QED) is 0.369. The zero-order valence-corrected chi connectivity index (χ0v) is 18.4. The van der Waals surface area contributed by atoms with Gasteiger partial charge in [0.15, 0.2) is 0 Å². The standard InChI is InChI=1S/C24H41NO3/c1-5-19(14-12-10-8-6-7-9-11-13-15-23(25)27)28-20-16-17-22(26)21(18-20)24(2,3)4/h16-19,26H,5-15H2,1-4H3,(H2,25,27). The van der Waals surface area contributed by atoms with Gasteiger partial charge in [-0.2, -0.15) is 0 Å². The summed E-state index contributed by atoms with van der Waals surface area (Å²) >= 11 is 0. The Morgan fingerprint density at radius 2 is 1.61 bits per heavy atom. The van der Waals surface area contributed by atoms with Gasteiger partial charge < -0.3 is 15.6 Å². The smallest absolute Gasteiger partial charge is 0.217 e. The molecule has 0 heterocycles. The van der Waals surface area contributed by atoms with Crippen molar-refractivity contribution in [1.82, 2.24) is 0 Å². The number of nitrogens with two attached hydrogens (primary N) is 1. The molecule has 0 fully saturated rings. The summed E-state index contributed by atoms with van der Waals surface area (Å²) in [7, 11) is 0. The summed E-state index contributed by atoms with van der Waals surface area (Å²) in [6.07, 6.45) is 12.3. The molecule has 0 aromatic heterocycles. The Labute approximate surface area is 171 Å². The van der Waals surface area contributed by atoms with E-state index in [4.69, 9.17) is 10.5 Å². The van der Waals surface area contributed by atoms with Crippen molar-refractivity contribution in [2.24, 2.45) is 5.73 Å². The molecule has 0 radical (unpaired) electrons. The summed E-state index contributed by atoms with van der Waals surface area (Å²) < 4.78 is 6.20. The first-order valence-corrected chi connectivity index (χ1v) is 11.0. The number of hydrogen-bond donors (Lipinski definition) is 2. The van der Waals surface area contributed by atoms with Gasteiger partial charge >= 0.3 is 0 Å². The molecule has 4 nitrogen and oxygen atoms in total. The van der Waals surface area contributed by atoms with Crippen molar-refractivity contribution < 1.29 is 14.6 Å². The van der Waals surface area contributed by atoms with Crippen LogP contribution >= 0.6 is 0 Å². The van der Waals surface area contributed by atoms with Crippen molar-refractivity contribution in [2.75, 3.05) is 0 Å². The number of hydrogen-bond acceptors (Lipinski definition) is 3. The lowest BCUT2D eigenvalue weighted by molar-refractivity contribution is -0.118. The molecule has 1 aromatic rings. The maximum absolute atomic E-state index is 10.7. The molecule has 0 aliphatic heterocycles. The molecule has 4 heteroatoms. The van der Waals surface area contributed by atoms with E-state index >= 15 is 0 Å². The fourth-order valence-electron chi connectivity index (χ4n) is 3.46. The Balaban J connectivity index is 2.25. The van der Waals surface area contributed by atoms with E-state index in [0.717, 1.165) is 37.0 Å². The number of ether oxygens (including phenoxy) is 1. The molecule has 3 N–H and O–H groups in total. The predicted octanol–water partition coefficient (Wildman–Crippen LogP) is 6.23. The number of benzene rings is 1. The Bertz CT molecular complexity index is 578. The van der Waals surface area contributed by atoms with Crippen LogP contribution in [0.25, 0.3) is 0 Å². The van der Waals surface area contributed by atoms with Gasteiger partial charge in [0.05, 0.1) is 6.10 Å². The molecular formula is C24H41NO3. The Morgan fingerprint density at radius 3 is 2.14 bits per heavy atom. The van der Waals surface area contributed by atoms with E-state index in [-0.39, 0.29) is 17.4 Å². The molecule has 28 heavy (non-hydrogen) atoms. The van der Waals surface area contributed by atoms with E-state index in [1.807, 2.05) is 12.1 Å². The molecule has 0 bridgehead atoms. The summed E-state index contributed by atoms with van der Waals surface area (Å²) in [6, 6.07) is 5.59. The first kappa shape index (κ1) is 24.3. The van der Waals surface area contributed by atoms with Gasteiger partial charge in [-0.3, -0.25) is 4.79 Å². The third kappa shape index (κ3) is 10.0. The molecule has 0 aliphatic rings. The predicted molar refractivity (Wildman–Crippen MR) is 117 cm³/mol. The summed E-state index contributed by atoms with van der Waals surface area (Å²) in [5, 5.41) is 10.1. The number of phenols is 1. The van der Waals surface area contributed by atoms with Crippen LogP contribution in [0, 0.1) is 0 Å². The second-order valence-electron chi connectivity index (χ2n) is 8.91. The molecule has 0 saturated carbocycles. The number of carbonyl (C=O) groups excluding carboxylic acids is 1. The van der Waals surface area contributed by atoms with Gasteiger partial charge in [0.2, 0.25) is 5.91 Å². The SMILES string of the molecule is CCC(CCCCCCCCCCC(N)=O)Oc1ccc(O)c(C(C)(C)C)c1. The van der Waals surface area contributed by atoms with E-state index in [1.165, 1.54) is 38.5 Å². The number of carbonyl (C=O) groups is 1. The van der Waals surface area contributed by atoms with Crippen molar-refractivity contribution >= 4 is 5.91 Å². The Morgan fingerprint density at radius 1 is 1.04 bits per heavy atom. The van der Waals surface area contributed by atoms with Gasteiger partial charge in [-0.1, -0.05) is 66.2 Å². The third-order valence-electron chi connectivity index (χ3n) is 5.23. The monoisotopic (exact) mass is 391 g/mol. The number of primary amides is 1. The van der Waals surface area contributed by atoms with Crippen molar-refractivity contribution in [1.29, 1.82) is 0 Å². The number of rotatable bonds is 14. The normalized spacial score (nSPS) is 12.7. The van der Waals surface area contributed by atoms with Gasteiger partial charge in [0.25, 0.3) is 0 Å². The van der Waals surface area contributed by atoms with Crippen molar-refractivity contribution in [2.45, 2.75) is 110 Å². The zero-order valence-electron chi connectivity index (χ0n) is 18.4. The molecule has 1 amide bonds. The fraction of sp³-hybridized carbons (Fsp3) is 0.708. The van der Waals surface area contributed by atoms with E-state index in [0.29, 0.717) is 12.2 Å². The topological polar surface area (TPSA) is 72.6 Å². The van der Waals surface area contributed by atoms with E-state index in [9.17, 15) is 9.90 Å². The molecule has 1 unspecified atom stereocenters. The Hall–Kier alpha value is -1.71. The highest BCUT2D eigenvalue weighted by Gasteiger charge is 2.19. The Kier molecular flexibility index (Phi) is 11.0. The van der Waals surface area contributed by atoms with Crippen molar-refractivity contribution in [3.05, 3.63) is 23.8 Å². The molecule has 0 saturated heterocycles. The molecule has 0 spiro atoms. The van der Waals surface area contributed by atoms with Crippen LogP contribution in [0.5, 0.6) is 11.5 Å². The largest absolute Gasteiger partial charge is 0.508 e. The summed E-state index contributed by atoms with van der Waals surface area (Å²) in [6.45, 7) is 8.46. The number of phenolic OH excluding ortho intramolecular Hbond substituents is 1. The molecule has 1 aromatic carbocycles. The minimum Gasteiger partial charge on any atom is -0.508 e. The lowest BCUT2D eigenvalue weighted by Crippen LogP contribution is -2.16. The lowest BCUT2D eigenvalue weighted by Gasteiger charge is -2.23. The first-order valence-electron chi connectivity index (χ1n) is 11.0. The summed E-state index contributed by atoms with van der Waals surface area (Å²) in [5.74, 6) is 1.00. The minimum absolute atomic E-state index is 0.106. The van der Waals surface area contributed by atoms with Gasteiger partial charge in [0.1, 0.15) is 11.5 Å². The average molecular weight is 392 g/mol. The summed E-state index contributed by atoms with van der Waals surface area (Å²) in [4.78, 5) is 10.7. The van der Waals surface area contributed by atoms with E-state index in [2.05, 4.69) is 27.7 Å². The third-order valence-corrected chi connectivity index (χ3v) is 5.23. The van der Waals surface area contributed by atoms with Crippen LogP contribution in [0.15, 0.2) is 18.2 Å². The van der Waals surface area contributed by atoms with Crippen molar-refractivity contribution in [3.8, 4) is 11.5 Å². The second-order valence-corrected chi connectivity index (χ2v) is 8.91. The van der Waals surface area contributed by atoms with Crippen LogP contribution in [-0.4, -0.2) is 17.1 Å². The minimum atomic E-state index is -0.186. The highest BCUT2D eigenvalue weighted by atomic mass is 16.5. The fourth-order valence-corrected chi connectivity index (χ4v) is 3.46. The van der Waals surface area contributed by atoms with Crippen LogP contribution < -0.4 is 10.5 Å². The van der Waals surface area contributed by atoms with Gasteiger partial charge in [-0.05, 0) is 49.3 Å². The van der Waals surface area contributed by atoms with Crippen LogP contribution in [0.1, 0.15) is 104 Å². The molecule has 1 atom stereocenters. The van der Waals surface area contributed by atoms with Crippen LogP contribution in [-0.2, 0) is 10.2 Å². The van der Waals surface area contributed by atoms with Gasteiger partial charge in [-0.25, -0.2) is 0 Å². The van der Waals surface area contributed by atoms with Gasteiger partial charge in [-0.15, -0.1) is 0 Å². The highest BCUT2D eigenvalue weighted by Crippen LogP contribution is 2.34. The van der Waals surface area contributed by atoms with Crippen LogP contribution in [0.3, 0.4) is 0 Å². The molecular weight excluding hydrogens is 350 g/mol.